The zero-order valence-corrected chi connectivity index (χ0v) is 21.3. The maximum Gasteiger partial charge on any atom is 0.183 e. The summed E-state index contributed by atoms with van der Waals surface area (Å²) in [6.07, 6.45) is 7.11. The molecule has 36 heavy (non-hydrogen) atoms. The second-order valence-corrected chi connectivity index (χ2v) is 10.3. The highest BCUT2D eigenvalue weighted by atomic mass is 35.5. The number of hydrogen-bond acceptors (Lipinski definition) is 7. The minimum atomic E-state index is 0. The molecule has 2 aliphatic heterocycles. The van der Waals surface area contributed by atoms with Crippen LogP contribution in [-0.4, -0.2) is 44.8 Å². The Morgan fingerprint density at radius 1 is 1.03 bits per heavy atom. The smallest absolute Gasteiger partial charge is 0.183 e. The zero-order valence-electron chi connectivity index (χ0n) is 20.4. The third-order valence-corrected chi connectivity index (χ3v) is 8.38. The third-order valence-electron chi connectivity index (χ3n) is 8.38. The van der Waals surface area contributed by atoms with Crippen LogP contribution in [0.15, 0.2) is 42.6 Å². The van der Waals surface area contributed by atoms with Gasteiger partial charge in [0.05, 0.1) is 17.1 Å². The molecule has 1 atom stereocenters. The number of hydrogen-bond donors (Lipinski definition) is 2. The Kier molecular flexibility index (Phi) is 5.61. The monoisotopic (exact) mass is 502 g/mol. The number of nitrogens with zero attached hydrogens (tertiary/aromatic N) is 6. The summed E-state index contributed by atoms with van der Waals surface area (Å²) in [7, 11) is 0. The summed E-state index contributed by atoms with van der Waals surface area (Å²) in [5.74, 6) is 1.79. The van der Waals surface area contributed by atoms with Crippen molar-refractivity contribution in [3.8, 4) is 0 Å². The van der Waals surface area contributed by atoms with Crippen molar-refractivity contribution in [1.29, 1.82) is 0 Å². The number of nitrogens with one attached hydrogen (secondary N) is 1. The minimum Gasteiger partial charge on any atom is -0.355 e. The first-order valence-corrected chi connectivity index (χ1v) is 12.7. The van der Waals surface area contributed by atoms with Crippen LogP contribution in [0.4, 0.5) is 17.3 Å². The standard InChI is InChI=1S/C27H30N8.ClH/c1-17-25(34-14-10-27(11-15-34)16-18-6-2-3-7-19(18)23(27)28)31-24-22(30-17)26(33-32-24)35-13-5-8-20-21(35)9-4-12-29-20;/h2-4,6-7,9,12,23H,5,8,10-11,13-16,28H2,1H3,(H,31,32,33);1H/t23-;/m1./s1. The molecular formula is C27H31ClN8. The second-order valence-electron chi connectivity index (χ2n) is 10.3. The molecule has 0 radical (unpaired) electrons. The van der Waals surface area contributed by atoms with Crippen molar-refractivity contribution in [2.24, 2.45) is 11.1 Å². The molecule has 0 amide bonds. The topological polar surface area (TPSA) is 99.8 Å². The molecule has 1 aromatic carbocycles. The molecule has 8 nitrogen and oxygen atoms in total. The second kappa shape index (κ2) is 8.71. The van der Waals surface area contributed by atoms with E-state index < -0.39 is 0 Å². The number of anilines is 3. The Bertz CT molecular complexity index is 1420. The van der Waals surface area contributed by atoms with Crippen molar-refractivity contribution in [2.75, 3.05) is 29.4 Å². The van der Waals surface area contributed by atoms with Crippen molar-refractivity contribution in [1.82, 2.24) is 25.1 Å². The first-order chi connectivity index (χ1) is 17.1. The highest BCUT2D eigenvalue weighted by Gasteiger charge is 2.46. The summed E-state index contributed by atoms with van der Waals surface area (Å²) < 4.78 is 0. The molecule has 1 spiro atoms. The van der Waals surface area contributed by atoms with Crippen molar-refractivity contribution in [3.63, 3.8) is 0 Å². The summed E-state index contributed by atoms with van der Waals surface area (Å²) in [6, 6.07) is 12.9. The molecule has 7 rings (SSSR count). The van der Waals surface area contributed by atoms with Gasteiger partial charge in [-0.15, -0.1) is 12.4 Å². The van der Waals surface area contributed by atoms with E-state index in [9.17, 15) is 0 Å². The third kappa shape index (κ3) is 3.46. The molecule has 1 saturated heterocycles. The van der Waals surface area contributed by atoms with Crippen LogP contribution in [0.3, 0.4) is 0 Å². The molecule has 3 N–H and O–H groups in total. The summed E-state index contributed by atoms with van der Waals surface area (Å²) in [6.45, 7) is 4.84. The van der Waals surface area contributed by atoms with Gasteiger partial charge in [-0.25, -0.2) is 9.97 Å². The van der Waals surface area contributed by atoms with E-state index in [0.29, 0.717) is 0 Å². The van der Waals surface area contributed by atoms with Crippen molar-refractivity contribution >= 4 is 40.9 Å². The van der Waals surface area contributed by atoms with Gasteiger partial charge >= 0.3 is 0 Å². The number of rotatable bonds is 2. The predicted molar refractivity (Wildman–Crippen MR) is 144 cm³/mol. The Balaban J connectivity index is 0.00000240. The molecule has 0 unspecified atom stereocenters. The molecule has 1 aliphatic carbocycles. The SMILES string of the molecule is Cc1nc2c(N3CCCc4ncccc43)n[nH]c2nc1N1CCC2(CC1)Cc1ccccc1[C@H]2N.Cl. The molecule has 3 aliphatic rings. The number of aryl methyl sites for hydroxylation is 2. The number of aromatic amines is 1. The molecule has 0 bridgehead atoms. The molecule has 1 fully saturated rings. The quantitative estimate of drug-likeness (QED) is 0.419. The molecular weight excluding hydrogens is 472 g/mol. The van der Waals surface area contributed by atoms with Crippen molar-refractivity contribution < 1.29 is 0 Å². The molecule has 0 saturated carbocycles. The number of nitrogens with two attached hydrogens (primary N) is 1. The van der Waals surface area contributed by atoms with Crippen LogP contribution >= 0.6 is 12.4 Å². The maximum atomic E-state index is 6.78. The molecule has 186 valence electrons. The summed E-state index contributed by atoms with van der Waals surface area (Å²) in [5.41, 5.74) is 14.4. The van der Waals surface area contributed by atoms with Gasteiger partial charge in [0.25, 0.3) is 0 Å². The Morgan fingerprint density at radius 3 is 2.69 bits per heavy atom. The van der Waals surface area contributed by atoms with Crippen molar-refractivity contribution in [2.45, 2.75) is 45.1 Å². The lowest BCUT2D eigenvalue weighted by atomic mass is 9.73. The van der Waals surface area contributed by atoms with Gasteiger partial charge in [0.1, 0.15) is 0 Å². The fraction of sp³-hybridized carbons (Fsp3) is 0.407. The number of aromatic nitrogens is 5. The highest BCUT2D eigenvalue weighted by molar-refractivity contribution is 5.88. The lowest BCUT2D eigenvalue weighted by Crippen LogP contribution is -2.44. The van der Waals surface area contributed by atoms with Crippen LogP contribution in [0.1, 0.15) is 47.8 Å². The van der Waals surface area contributed by atoms with Crippen LogP contribution in [0.5, 0.6) is 0 Å². The van der Waals surface area contributed by atoms with E-state index in [-0.39, 0.29) is 23.9 Å². The van der Waals surface area contributed by atoms with Crippen LogP contribution in [-0.2, 0) is 12.8 Å². The van der Waals surface area contributed by atoms with E-state index >= 15 is 0 Å². The van der Waals surface area contributed by atoms with Crippen LogP contribution in [0, 0.1) is 12.3 Å². The highest BCUT2D eigenvalue weighted by Crippen LogP contribution is 2.51. The van der Waals surface area contributed by atoms with Gasteiger partial charge in [-0.2, -0.15) is 5.10 Å². The fourth-order valence-corrected chi connectivity index (χ4v) is 6.47. The van der Waals surface area contributed by atoms with Gasteiger partial charge in [0.15, 0.2) is 22.8 Å². The van der Waals surface area contributed by atoms with E-state index in [4.69, 9.17) is 15.7 Å². The lowest BCUT2D eigenvalue weighted by Gasteiger charge is -2.42. The van der Waals surface area contributed by atoms with Gasteiger partial charge < -0.3 is 15.5 Å². The van der Waals surface area contributed by atoms with E-state index in [1.165, 1.54) is 11.1 Å². The van der Waals surface area contributed by atoms with E-state index in [1.54, 1.807) is 0 Å². The Hall–Kier alpha value is -3.23. The largest absolute Gasteiger partial charge is 0.355 e. The number of benzene rings is 1. The van der Waals surface area contributed by atoms with Crippen LogP contribution in [0.2, 0.25) is 0 Å². The number of fused-ring (bicyclic) bond motifs is 3. The maximum absolute atomic E-state index is 6.78. The van der Waals surface area contributed by atoms with Crippen LogP contribution in [0.25, 0.3) is 11.2 Å². The van der Waals surface area contributed by atoms with E-state index in [2.05, 4.69) is 62.2 Å². The number of H-pyrrole nitrogens is 1. The number of pyridine rings is 1. The average molecular weight is 503 g/mol. The Morgan fingerprint density at radius 2 is 1.86 bits per heavy atom. The molecule has 9 heteroatoms. The van der Waals surface area contributed by atoms with Gasteiger partial charge in [-0.1, -0.05) is 24.3 Å². The first-order valence-electron chi connectivity index (χ1n) is 12.7. The first kappa shape index (κ1) is 23.2. The van der Waals surface area contributed by atoms with E-state index in [0.717, 1.165) is 91.6 Å². The lowest BCUT2D eigenvalue weighted by molar-refractivity contribution is 0.187. The van der Waals surface area contributed by atoms with Crippen molar-refractivity contribution in [3.05, 3.63) is 65.1 Å². The average Bonchev–Trinajstić information content (AvgIpc) is 3.42. The van der Waals surface area contributed by atoms with Gasteiger partial charge in [-0.05, 0) is 67.7 Å². The van der Waals surface area contributed by atoms with Gasteiger partial charge in [0, 0.05) is 31.9 Å². The van der Waals surface area contributed by atoms with E-state index in [1.807, 2.05) is 12.3 Å². The Labute approximate surface area is 216 Å². The molecule has 5 heterocycles. The summed E-state index contributed by atoms with van der Waals surface area (Å²) >= 11 is 0. The summed E-state index contributed by atoms with van der Waals surface area (Å²) in [5, 5.41) is 7.81. The van der Waals surface area contributed by atoms with Gasteiger partial charge in [-0.3, -0.25) is 10.1 Å². The predicted octanol–water partition coefficient (Wildman–Crippen LogP) is 4.41. The number of piperidine rings is 1. The summed E-state index contributed by atoms with van der Waals surface area (Å²) in [4.78, 5) is 19.2. The van der Waals surface area contributed by atoms with Gasteiger partial charge in [0.2, 0.25) is 0 Å². The normalized spacial score (nSPS) is 20.3. The van der Waals surface area contributed by atoms with Crippen LogP contribution < -0.4 is 15.5 Å². The minimum absolute atomic E-state index is 0. The number of halogens is 1. The fourth-order valence-electron chi connectivity index (χ4n) is 6.47. The zero-order chi connectivity index (χ0) is 23.6. The molecule has 4 aromatic rings. The molecule has 3 aromatic heterocycles.